The fraction of sp³-hybridized carbons (Fsp3) is 0.0667. The van der Waals surface area contributed by atoms with Gasteiger partial charge < -0.3 is 10.4 Å². The SMILES string of the molecule is C[C@@H](NC(=O)c1ccc2ccccc2c1-c1c(C(=O)O)ccc2ccccc12)c1ccccc1. The normalized spacial score (nSPS) is 11.9. The van der Waals surface area contributed by atoms with Gasteiger partial charge in [-0.25, -0.2) is 4.79 Å². The van der Waals surface area contributed by atoms with Crippen molar-refractivity contribution in [2.24, 2.45) is 0 Å². The molecule has 0 aliphatic rings. The smallest absolute Gasteiger partial charge is 0.336 e. The van der Waals surface area contributed by atoms with E-state index >= 15 is 0 Å². The summed E-state index contributed by atoms with van der Waals surface area (Å²) in [5.74, 6) is -1.28. The number of carboxylic acids is 1. The van der Waals surface area contributed by atoms with Gasteiger partial charge in [0.1, 0.15) is 0 Å². The molecule has 34 heavy (non-hydrogen) atoms. The van der Waals surface area contributed by atoms with E-state index in [1.165, 1.54) is 0 Å². The molecule has 5 aromatic rings. The summed E-state index contributed by atoms with van der Waals surface area (Å²) in [5, 5.41) is 16.7. The maximum atomic E-state index is 13.6. The molecule has 0 bridgehead atoms. The Balaban J connectivity index is 1.77. The molecule has 0 aliphatic carbocycles. The molecule has 0 unspecified atom stereocenters. The third-order valence-electron chi connectivity index (χ3n) is 6.23. The molecule has 2 N–H and O–H groups in total. The largest absolute Gasteiger partial charge is 0.478 e. The number of carboxylic acid groups (broad SMARTS) is 1. The summed E-state index contributed by atoms with van der Waals surface area (Å²) in [6, 6.07) is 32.1. The predicted octanol–water partition coefficient (Wildman–Crippen LogP) is 6.85. The molecule has 0 saturated heterocycles. The van der Waals surface area contributed by atoms with E-state index in [0.29, 0.717) is 16.7 Å². The van der Waals surface area contributed by atoms with E-state index in [-0.39, 0.29) is 17.5 Å². The molecule has 5 rings (SSSR count). The van der Waals surface area contributed by atoms with Crippen molar-refractivity contribution < 1.29 is 14.7 Å². The first-order valence-corrected chi connectivity index (χ1v) is 11.2. The average Bonchev–Trinajstić information content (AvgIpc) is 2.87. The molecule has 1 amide bonds. The maximum Gasteiger partial charge on any atom is 0.336 e. The molecule has 5 aromatic carbocycles. The Morgan fingerprint density at radius 3 is 1.74 bits per heavy atom. The number of benzene rings is 5. The monoisotopic (exact) mass is 445 g/mol. The first-order chi connectivity index (χ1) is 16.5. The standard InChI is InChI=1S/C30H23NO3/c1-19(20-9-3-2-4-10-20)31-29(32)25-17-15-21-11-5-7-13-23(21)27(25)28-24-14-8-6-12-22(24)16-18-26(28)30(33)34/h2-19H,1H3,(H,31,32)(H,33,34)/t19-/m1/s1. The number of amides is 1. The van der Waals surface area contributed by atoms with E-state index in [2.05, 4.69) is 5.32 Å². The van der Waals surface area contributed by atoms with Gasteiger partial charge in [-0.05, 0) is 46.2 Å². The Hall–Kier alpha value is -4.44. The van der Waals surface area contributed by atoms with Crippen LogP contribution in [0.2, 0.25) is 0 Å². The summed E-state index contributed by atoms with van der Waals surface area (Å²) in [6.07, 6.45) is 0. The lowest BCUT2D eigenvalue weighted by Crippen LogP contribution is -2.27. The zero-order chi connectivity index (χ0) is 23.7. The van der Waals surface area contributed by atoms with Gasteiger partial charge in [0, 0.05) is 16.7 Å². The highest BCUT2D eigenvalue weighted by Crippen LogP contribution is 2.39. The highest BCUT2D eigenvalue weighted by atomic mass is 16.4. The summed E-state index contributed by atoms with van der Waals surface area (Å²) in [6.45, 7) is 1.94. The fourth-order valence-electron chi connectivity index (χ4n) is 4.55. The topological polar surface area (TPSA) is 66.4 Å². The second-order valence-electron chi connectivity index (χ2n) is 8.33. The van der Waals surface area contributed by atoms with E-state index in [0.717, 1.165) is 27.1 Å². The van der Waals surface area contributed by atoms with Crippen LogP contribution in [0, 0.1) is 0 Å². The van der Waals surface area contributed by atoms with Crippen molar-refractivity contribution >= 4 is 33.4 Å². The van der Waals surface area contributed by atoms with E-state index in [4.69, 9.17) is 0 Å². The first-order valence-electron chi connectivity index (χ1n) is 11.2. The zero-order valence-electron chi connectivity index (χ0n) is 18.7. The van der Waals surface area contributed by atoms with Crippen LogP contribution in [-0.2, 0) is 0 Å². The van der Waals surface area contributed by atoms with Gasteiger partial charge in [-0.1, -0.05) is 91.0 Å². The number of fused-ring (bicyclic) bond motifs is 2. The van der Waals surface area contributed by atoms with E-state index < -0.39 is 5.97 Å². The van der Waals surface area contributed by atoms with E-state index in [1.54, 1.807) is 12.1 Å². The molecule has 0 aliphatic heterocycles. The molecule has 0 heterocycles. The third-order valence-corrected chi connectivity index (χ3v) is 6.23. The van der Waals surface area contributed by atoms with Gasteiger partial charge in [-0.15, -0.1) is 0 Å². The van der Waals surface area contributed by atoms with Crippen LogP contribution in [0.5, 0.6) is 0 Å². The second kappa shape index (κ2) is 8.83. The molecule has 0 radical (unpaired) electrons. The van der Waals surface area contributed by atoms with Crippen molar-refractivity contribution in [1.82, 2.24) is 5.32 Å². The lowest BCUT2D eigenvalue weighted by molar-refractivity contribution is 0.0697. The van der Waals surface area contributed by atoms with Crippen LogP contribution in [0.1, 0.15) is 39.2 Å². The minimum absolute atomic E-state index is 0.167. The lowest BCUT2D eigenvalue weighted by Gasteiger charge is -2.20. The van der Waals surface area contributed by atoms with Crippen molar-refractivity contribution in [3.8, 4) is 11.1 Å². The van der Waals surface area contributed by atoms with Crippen LogP contribution in [0.4, 0.5) is 0 Å². The molecular formula is C30H23NO3. The highest BCUT2D eigenvalue weighted by Gasteiger charge is 2.23. The lowest BCUT2D eigenvalue weighted by atomic mass is 9.86. The molecule has 0 aromatic heterocycles. The Labute approximate surface area is 197 Å². The van der Waals surface area contributed by atoms with Gasteiger partial charge in [-0.2, -0.15) is 0 Å². The van der Waals surface area contributed by atoms with Crippen molar-refractivity contribution in [3.05, 3.63) is 120 Å². The van der Waals surface area contributed by atoms with Crippen LogP contribution in [0.25, 0.3) is 32.7 Å². The van der Waals surface area contributed by atoms with E-state index in [9.17, 15) is 14.7 Å². The number of aromatic carboxylic acids is 1. The summed E-state index contributed by atoms with van der Waals surface area (Å²) < 4.78 is 0. The van der Waals surface area contributed by atoms with Crippen molar-refractivity contribution in [2.45, 2.75) is 13.0 Å². The summed E-state index contributed by atoms with van der Waals surface area (Å²) in [7, 11) is 0. The van der Waals surface area contributed by atoms with Gasteiger partial charge in [0.25, 0.3) is 5.91 Å². The molecule has 1 atom stereocenters. The molecule has 4 nitrogen and oxygen atoms in total. The number of hydrogen-bond donors (Lipinski definition) is 2. The minimum atomic E-state index is -1.03. The van der Waals surface area contributed by atoms with Crippen molar-refractivity contribution in [2.75, 3.05) is 0 Å². The summed E-state index contributed by atoms with van der Waals surface area (Å²) >= 11 is 0. The Morgan fingerprint density at radius 1 is 0.647 bits per heavy atom. The van der Waals surface area contributed by atoms with Crippen LogP contribution in [-0.4, -0.2) is 17.0 Å². The number of hydrogen-bond acceptors (Lipinski definition) is 2. The molecule has 166 valence electrons. The van der Waals surface area contributed by atoms with Gasteiger partial charge in [0.05, 0.1) is 11.6 Å². The molecule has 4 heteroatoms. The van der Waals surface area contributed by atoms with Crippen LogP contribution in [0.15, 0.2) is 103 Å². The average molecular weight is 446 g/mol. The quantitative estimate of drug-likeness (QED) is 0.311. The highest BCUT2D eigenvalue weighted by molar-refractivity contribution is 6.18. The van der Waals surface area contributed by atoms with Crippen LogP contribution < -0.4 is 5.32 Å². The number of carbonyl (C=O) groups excluding carboxylic acids is 1. The maximum absolute atomic E-state index is 13.6. The molecule has 0 saturated carbocycles. The Bertz CT molecular complexity index is 1540. The minimum Gasteiger partial charge on any atom is -0.478 e. The number of carbonyl (C=O) groups is 2. The number of nitrogens with one attached hydrogen (secondary N) is 1. The van der Waals surface area contributed by atoms with Crippen LogP contribution >= 0.6 is 0 Å². The third kappa shape index (κ3) is 3.80. The predicted molar refractivity (Wildman–Crippen MR) is 136 cm³/mol. The first kappa shape index (κ1) is 21.4. The molecule has 0 spiro atoms. The Kier molecular flexibility index (Phi) is 5.56. The van der Waals surface area contributed by atoms with Crippen LogP contribution in [0.3, 0.4) is 0 Å². The molecular weight excluding hydrogens is 422 g/mol. The van der Waals surface area contributed by atoms with Crippen molar-refractivity contribution in [3.63, 3.8) is 0 Å². The number of rotatable bonds is 5. The van der Waals surface area contributed by atoms with Gasteiger partial charge in [0.2, 0.25) is 0 Å². The summed E-state index contributed by atoms with van der Waals surface area (Å²) in [5.41, 5.74) is 2.79. The summed E-state index contributed by atoms with van der Waals surface area (Å²) in [4.78, 5) is 25.9. The zero-order valence-corrected chi connectivity index (χ0v) is 18.7. The van der Waals surface area contributed by atoms with Gasteiger partial charge in [-0.3, -0.25) is 4.79 Å². The van der Waals surface area contributed by atoms with Gasteiger partial charge >= 0.3 is 5.97 Å². The van der Waals surface area contributed by atoms with E-state index in [1.807, 2.05) is 97.9 Å². The van der Waals surface area contributed by atoms with Gasteiger partial charge in [0.15, 0.2) is 0 Å². The fourth-order valence-corrected chi connectivity index (χ4v) is 4.55. The molecule has 0 fully saturated rings. The Morgan fingerprint density at radius 2 is 1.15 bits per heavy atom. The van der Waals surface area contributed by atoms with Crippen molar-refractivity contribution in [1.29, 1.82) is 0 Å². The second-order valence-corrected chi connectivity index (χ2v) is 8.33.